The summed E-state index contributed by atoms with van der Waals surface area (Å²) in [6.07, 6.45) is 9.13. The van der Waals surface area contributed by atoms with Gasteiger partial charge in [0.15, 0.2) is 0 Å². The molecule has 0 heterocycles. The number of nitrogen functional groups attached to an aromatic ring is 1. The minimum atomic E-state index is 0.333. The molecule has 96 valence electrons. The minimum absolute atomic E-state index is 0.333. The Morgan fingerprint density at radius 1 is 1.33 bits per heavy atom. The molecule has 0 aromatic heterocycles. The van der Waals surface area contributed by atoms with Crippen molar-refractivity contribution in [2.75, 3.05) is 25.4 Å². The van der Waals surface area contributed by atoms with E-state index in [0.717, 1.165) is 31.7 Å². The van der Waals surface area contributed by atoms with E-state index in [1.54, 1.807) is 0 Å². The molecule has 1 aromatic rings. The van der Waals surface area contributed by atoms with Gasteiger partial charge in [-0.15, -0.1) is 6.42 Å². The SMILES string of the molecule is C#CCN(CCC)CC1(c2ccc(N)cc2)CC1. The van der Waals surface area contributed by atoms with Gasteiger partial charge in [0, 0.05) is 17.6 Å². The number of hydrogen-bond acceptors (Lipinski definition) is 2. The largest absolute Gasteiger partial charge is 0.399 e. The molecule has 2 rings (SSSR count). The van der Waals surface area contributed by atoms with Crippen molar-refractivity contribution in [1.82, 2.24) is 4.90 Å². The molecule has 1 aliphatic rings. The molecular weight excluding hydrogens is 220 g/mol. The van der Waals surface area contributed by atoms with Crippen molar-refractivity contribution in [2.45, 2.75) is 31.6 Å². The lowest BCUT2D eigenvalue weighted by atomic mass is 9.95. The average Bonchev–Trinajstić information content (AvgIpc) is 3.11. The van der Waals surface area contributed by atoms with Crippen molar-refractivity contribution in [3.8, 4) is 12.3 Å². The lowest BCUT2D eigenvalue weighted by molar-refractivity contribution is 0.278. The summed E-state index contributed by atoms with van der Waals surface area (Å²) < 4.78 is 0. The third-order valence-electron chi connectivity index (χ3n) is 3.76. The third kappa shape index (κ3) is 2.86. The third-order valence-corrected chi connectivity index (χ3v) is 3.76. The van der Waals surface area contributed by atoms with Crippen LogP contribution in [0, 0.1) is 12.3 Å². The van der Waals surface area contributed by atoms with Crippen molar-refractivity contribution in [3.05, 3.63) is 29.8 Å². The van der Waals surface area contributed by atoms with Gasteiger partial charge in [0.05, 0.1) is 6.54 Å². The Morgan fingerprint density at radius 2 is 2.00 bits per heavy atom. The van der Waals surface area contributed by atoms with Gasteiger partial charge >= 0.3 is 0 Å². The second kappa shape index (κ2) is 5.46. The van der Waals surface area contributed by atoms with Crippen LogP contribution in [-0.2, 0) is 5.41 Å². The number of nitrogens with zero attached hydrogens (tertiary/aromatic N) is 1. The first-order valence-electron chi connectivity index (χ1n) is 6.72. The van der Waals surface area contributed by atoms with Crippen molar-refractivity contribution in [1.29, 1.82) is 0 Å². The molecule has 0 unspecified atom stereocenters. The van der Waals surface area contributed by atoms with E-state index in [0.29, 0.717) is 5.41 Å². The molecule has 2 N–H and O–H groups in total. The first-order valence-corrected chi connectivity index (χ1v) is 6.72. The van der Waals surface area contributed by atoms with Crippen LogP contribution in [0.5, 0.6) is 0 Å². The molecule has 18 heavy (non-hydrogen) atoms. The van der Waals surface area contributed by atoms with Gasteiger partial charge < -0.3 is 5.73 Å². The van der Waals surface area contributed by atoms with E-state index in [1.807, 2.05) is 12.1 Å². The Bertz CT molecular complexity index is 423. The van der Waals surface area contributed by atoms with Crippen LogP contribution < -0.4 is 5.73 Å². The van der Waals surface area contributed by atoms with Crippen molar-refractivity contribution in [2.24, 2.45) is 0 Å². The maximum absolute atomic E-state index is 5.75. The lowest BCUT2D eigenvalue weighted by Crippen LogP contribution is -2.33. The van der Waals surface area contributed by atoms with E-state index < -0.39 is 0 Å². The molecule has 0 amide bonds. The monoisotopic (exact) mass is 242 g/mol. The summed E-state index contributed by atoms with van der Waals surface area (Å²) in [5, 5.41) is 0. The van der Waals surface area contributed by atoms with Crippen LogP contribution in [0.25, 0.3) is 0 Å². The summed E-state index contributed by atoms with van der Waals surface area (Å²) >= 11 is 0. The van der Waals surface area contributed by atoms with Gasteiger partial charge in [-0.1, -0.05) is 25.0 Å². The Hall–Kier alpha value is -1.46. The van der Waals surface area contributed by atoms with Crippen LogP contribution in [-0.4, -0.2) is 24.5 Å². The standard InChI is InChI=1S/C16H22N2/c1-3-11-18(12-4-2)13-16(9-10-16)14-5-7-15(17)8-6-14/h1,5-8H,4,9-13,17H2,2H3. The van der Waals surface area contributed by atoms with Crippen LogP contribution in [0.1, 0.15) is 31.7 Å². The highest BCUT2D eigenvalue weighted by Crippen LogP contribution is 2.48. The number of hydrogen-bond donors (Lipinski definition) is 1. The molecule has 1 saturated carbocycles. The first-order chi connectivity index (χ1) is 8.70. The Balaban J connectivity index is 2.07. The fourth-order valence-corrected chi connectivity index (χ4v) is 2.61. The van der Waals surface area contributed by atoms with Crippen LogP contribution in [0.2, 0.25) is 0 Å². The molecule has 0 atom stereocenters. The van der Waals surface area contributed by atoms with E-state index >= 15 is 0 Å². The highest BCUT2D eigenvalue weighted by molar-refractivity contribution is 5.43. The van der Waals surface area contributed by atoms with E-state index in [-0.39, 0.29) is 0 Å². The molecule has 0 bridgehead atoms. The zero-order valence-electron chi connectivity index (χ0n) is 11.2. The second-order valence-electron chi connectivity index (χ2n) is 5.32. The van der Waals surface area contributed by atoms with Gasteiger partial charge in [-0.2, -0.15) is 0 Å². The number of anilines is 1. The topological polar surface area (TPSA) is 29.3 Å². The second-order valence-corrected chi connectivity index (χ2v) is 5.32. The predicted octanol–water partition coefficient (Wildman–Crippen LogP) is 2.65. The lowest BCUT2D eigenvalue weighted by Gasteiger charge is -2.26. The van der Waals surface area contributed by atoms with Gasteiger partial charge in [0.1, 0.15) is 0 Å². The predicted molar refractivity (Wildman–Crippen MR) is 77.3 cm³/mol. The van der Waals surface area contributed by atoms with E-state index in [2.05, 4.69) is 29.9 Å². The first kappa shape index (κ1) is 13.0. The summed E-state index contributed by atoms with van der Waals surface area (Å²) in [7, 11) is 0. The smallest absolute Gasteiger partial charge is 0.0599 e. The Kier molecular flexibility index (Phi) is 3.93. The Labute approximate surface area is 110 Å². The van der Waals surface area contributed by atoms with Gasteiger partial charge in [0.2, 0.25) is 0 Å². The molecular formula is C16H22N2. The summed E-state index contributed by atoms with van der Waals surface area (Å²) in [5.74, 6) is 2.77. The maximum Gasteiger partial charge on any atom is 0.0599 e. The quantitative estimate of drug-likeness (QED) is 0.614. The van der Waals surface area contributed by atoms with Crippen molar-refractivity contribution in [3.63, 3.8) is 0 Å². The molecule has 1 aromatic carbocycles. The summed E-state index contributed by atoms with van der Waals surface area (Å²) in [6, 6.07) is 8.34. The van der Waals surface area contributed by atoms with Crippen LogP contribution in [0.3, 0.4) is 0 Å². The van der Waals surface area contributed by atoms with E-state index in [4.69, 9.17) is 12.2 Å². The highest BCUT2D eigenvalue weighted by Gasteiger charge is 2.44. The number of nitrogens with two attached hydrogens (primary N) is 1. The fraction of sp³-hybridized carbons (Fsp3) is 0.500. The average molecular weight is 242 g/mol. The molecule has 0 spiro atoms. The molecule has 0 saturated heterocycles. The number of rotatable bonds is 6. The van der Waals surface area contributed by atoms with Gasteiger partial charge in [-0.05, 0) is 43.5 Å². The zero-order valence-corrected chi connectivity index (χ0v) is 11.2. The van der Waals surface area contributed by atoms with Gasteiger partial charge in [-0.3, -0.25) is 4.90 Å². The molecule has 0 radical (unpaired) electrons. The minimum Gasteiger partial charge on any atom is -0.399 e. The number of benzene rings is 1. The van der Waals surface area contributed by atoms with Gasteiger partial charge in [-0.25, -0.2) is 0 Å². The van der Waals surface area contributed by atoms with Crippen molar-refractivity contribution < 1.29 is 0 Å². The normalized spacial score (nSPS) is 16.5. The highest BCUT2D eigenvalue weighted by atomic mass is 15.1. The zero-order chi connectivity index (χ0) is 13.0. The van der Waals surface area contributed by atoms with E-state index in [9.17, 15) is 0 Å². The molecule has 2 heteroatoms. The van der Waals surface area contributed by atoms with Crippen LogP contribution in [0.15, 0.2) is 24.3 Å². The van der Waals surface area contributed by atoms with Gasteiger partial charge in [0.25, 0.3) is 0 Å². The van der Waals surface area contributed by atoms with Crippen LogP contribution in [0.4, 0.5) is 5.69 Å². The molecule has 0 aliphatic heterocycles. The van der Waals surface area contributed by atoms with E-state index in [1.165, 1.54) is 18.4 Å². The summed E-state index contributed by atoms with van der Waals surface area (Å²) in [4.78, 5) is 2.39. The maximum atomic E-state index is 5.75. The number of terminal acetylenes is 1. The molecule has 2 nitrogen and oxygen atoms in total. The Morgan fingerprint density at radius 3 is 2.50 bits per heavy atom. The molecule has 1 aliphatic carbocycles. The van der Waals surface area contributed by atoms with Crippen molar-refractivity contribution >= 4 is 5.69 Å². The van der Waals surface area contributed by atoms with Crippen LogP contribution >= 0.6 is 0 Å². The fourth-order valence-electron chi connectivity index (χ4n) is 2.61. The molecule has 1 fully saturated rings. The summed E-state index contributed by atoms with van der Waals surface area (Å²) in [6.45, 7) is 5.12. The summed E-state index contributed by atoms with van der Waals surface area (Å²) in [5.41, 5.74) is 8.33.